The van der Waals surface area contributed by atoms with Gasteiger partial charge in [-0.1, -0.05) is 0 Å². The summed E-state index contributed by atoms with van der Waals surface area (Å²) in [4.78, 5) is 22.1. The Hall–Kier alpha value is -1.96. The molecule has 0 atom stereocenters. The number of hydrogen-bond donors (Lipinski definition) is 2. The number of hydrazine groups is 1. The largest absolute Gasteiger partial charge is 0.347 e. The third kappa shape index (κ3) is 3.27. The Kier molecular flexibility index (Phi) is 4.78. The van der Waals surface area contributed by atoms with Gasteiger partial charge in [-0.3, -0.25) is 10.2 Å². The average molecular weight is 256 g/mol. The van der Waals surface area contributed by atoms with Gasteiger partial charge in [-0.25, -0.2) is 15.2 Å². The molecule has 0 radical (unpaired) electrons. The van der Waals surface area contributed by atoms with Crippen molar-refractivity contribution in [3.05, 3.63) is 12.0 Å². The van der Waals surface area contributed by atoms with E-state index in [0.717, 1.165) is 6.20 Å². The monoisotopic (exact) mass is 256 g/mol. The van der Waals surface area contributed by atoms with Crippen molar-refractivity contribution >= 4 is 17.7 Å². The highest BCUT2D eigenvalue weighted by molar-refractivity contribution is 5.80. The summed E-state index contributed by atoms with van der Waals surface area (Å²) in [5.74, 6) is 4.58. The van der Waals surface area contributed by atoms with Crippen LogP contribution in [0.2, 0.25) is 0 Å². The molecule has 1 heterocycles. The molecule has 0 saturated carbocycles. The lowest BCUT2D eigenvalue weighted by molar-refractivity contribution is -0.127. The zero-order chi connectivity index (χ0) is 13.7. The molecule has 8 heteroatoms. The first-order chi connectivity index (χ1) is 8.49. The Balaban J connectivity index is 2.97. The van der Waals surface area contributed by atoms with E-state index in [9.17, 15) is 9.18 Å². The summed E-state index contributed by atoms with van der Waals surface area (Å²) in [5, 5.41) is 0. The van der Waals surface area contributed by atoms with Gasteiger partial charge in [-0.2, -0.15) is 4.98 Å². The minimum atomic E-state index is -0.595. The van der Waals surface area contributed by atoms with Crippen LogP contribution in [0.1, 0.15) is 6.92 Å². The highest BCUT2D eigenvalue weighted by atomic mass is 19.1. The number of nitrogens with two attached hydrogens (primary N) is 1. The quantitative estimate of drug-likeness (QED) is 0.561. The van der Waals surface area contributed by atoms with Gasteiger partial charge in [-0.15, -0.1) is 0 Å². The number of halogens is 1. The van der Waals surface area contributed by atoms with Crippen LogP contribution in [0.4, 0.5) is 16.2 Å². The molecule has 0 aliphatic heterocycles. The van der Waals surface area contributed by atoms with Crippen LogP contribution >= 0.6 is 0 Å². The molecule has 0 saturated heterocycles. The van der Waals surface area contributed by atoms with Crippen LogP contribution in [-0.2, 0) is 4.79 Å². The van der Waals surface area contributed by atoms with E-state index in [1.807, 2.05) is 0 Å². The second kappa shape index (κ2) is 6.10. The molecule has 7 nitrogen and oxygen atoms in total. The van der Waals surface area contributed by atoms with Gasteiger partial charge in [0.25, 0.3) is 0 Å². The molecule has 18 heavy (non-hydrogen) atoms. The Morgan fingerprint density at radius 1 is 1.56 bits per heavy atom. The van der Waals surface area contributed by atoms with Crippen LogP contribution in [0.25, 0.3) is 0 Å². The maximum absolute atomic E-state index is 13.6. The fourth-order valence-corrected chi connectivity index (χ4v) is 1.29. The van der Waals surface area contributed by atoms with E-state index in [-0.39, 0.29) is 24.2 Å². The molecule has 0 spiro atoms. The van der Waals surface area contributed by atoms with Gasteiger partial charge in [0.05, 0.1) is 12.7 Å². The summed E-state index contributed by atoms with van der Waals surface area (Å²) in [6.45, 7) is 2.29. The van der Waals surface area contributed by atoms with Gasteiger partial charge < -0.3 is 9.80 Å². The number of aromatic nitrogens is 2. The zero-order valence-electron chi connectivity index (χ0n) is 10.6. The van der Waals surface area contributed by atoms with Crippen molar-refractivity contribution < 1.29 is 9.18 Å². The first-order valence-corrected chi connectivity index (χ1v) is 5.43. The number of nitrogen functional groups attached to an aromatic ring is 1. The average Bonchev–Trinajstić information content (AvgIpc) is 2.36. The van der Waals surface area contributed by atoms with Gasteiger partial charge in [0.2, 0.25) is 11.9 Å². The number of likely N-dealkylation sites (N-methyl/N-ethyl adjacent to an activating group) is 2. The number of carbonyl (C=O) groups is 1. The molecular formula is C10H17FN6O. The van der Waals surface area contributed by atoms with Crippen LogP contribution in [0.5, 0.6) is 0 Å². The molecule has 3 N–H and O–H groups in total. The molecule has 1 rings (SSSR count). The van der Waals surface area contributed by atoms with E-state index in [2.05, 4.69) is 15.4 Å². The lowest BCUT2D eigenvalue weighted by Crippen LogP contribution is -2.37. The minimum absolute atomic E-state index is 0.0431. The van der Waals surface area contributed by atoms with E-state index in [0.29, 0.717) is 6.54 Å². The van der Waals surface area contributed by atoms with Crippen molar-refractivity contribution in [3.8, 4) is 0 Å². The first-order valence-electron chi connectivity index (χ1n) is 5.43. The van der Waals surface area contributed by atoms with Gasteiger partial charge in [0.1, 0.15) is 0 Å². The number of hydrogen-bond acceptors (Lipinski definition) is 6. The Labute approximate surface area is 105 Å². The number of carbonyl (C=O) groups excluding carboxylic acids is 1. The second-order valence-corrected chi connectivity index (χ2v) is 3.81. The Bertz CT molecular complexity index is 425. The molecule has 0 aliphatic carbocycles. The summed E-state index contributed by atoms with van der Waals surface area (Å²) in [7, 11) is 3.28. The van der Waals surface area contributed by atoms with E-state index in [1.54, 1.807) is 21.0 Å². The number of nitrogens with one attached hydrogen (secondary N) is 1. The summed E-state index contributed by atoms with van der Waals surface area (Å²) in [6, 6.07) is 0. The Morgan fingerprint density at radius 2 is 2.22 bits per heavy atom. The number of rotatable bonds is 5. The fraction of sp³-hybridized carbons (Fsp3) is 0.500. The smallest absolute Gasteiger partial charge is 0.241 e. The zero-order valence-corrected chi connectivity index (χ0v) is 10.6. The van der Waals surface area contributed by atoms with E-state index < -0.39 is 5.82 Å². The van der Waals surface area contributed by atoms with E-state index >= 15 is 0 Å². The van der Waals surface area contributed by atoms with E-state index in [1.165, 1.54) is 9.80 Å². The lowest BCUT2D eigenvalue weighted by Gasteiger charge is -2.23. The predicted octanol–water partition coefficient (Wildman–Crippen LogP) is -0.184. The summed E-state index contributed by atoms with van der Waals surface area (Å²) >= 11 is 0. The molecule has 1 amide bonds. The number of amides is 1. The number of anilines is 2. The third-order valence-electron chi connectivity index (χ3n) is 2.36. The second-order valence-electron chi connectivity index (χ2n) is 3.81. The molecule has 100 valence electrons. The van der Waals surface area contributed by atoms with Crippen LogP contribution in [0.3, 0.4) is 0 Å². The van der Waals surface area contributed by atoms with Gasteiger partial charge >= 0.3 is 0 Å². The lowest BCUT2D eigenvalue weighted by atomic mass is 10.4. The standard InChI is InChI=1S/C10H17FN6O/c1-4-17(6-8(18)16(2)3)9-7(11)5-13-10(14-9)15-12/h5H,4,6,12H2,1-3H3,(H,13,14,15). The van der Waals surface area contributed by atoms with Crippen LogP contribution in [0, 0.1) is 5.82 Å². The van der Waals surface area contributed by atoms with Crippen LogP contribution in [0.15, 0.2) is 6.20 Å². The van der Waals surface area contributed by atoms with Crippen molar-refractivity contribution in [2.45, 2.75) is 6.92 Å². The van der Waals surface area contributed by atoms with Crippen molar-refractivity contribution in [1.29, 1.82) is 0 Å². The minimum Gasteiger partial charge on any atom is -0.347 e. The van der Waals surface area contributed by atoms with Crippen molar-refractivity contribution in [2.24, 2.45) is 5.84 Å². The van der Waals surface area contributed by atoms with Crippen molar-refractivity contribution in [2.75, 3.05) is 37.5 Å². The molecule has 1 aromatic rings. The summed E-state index contributed by atoms with van der Waals surface area (Å²) in [5.41, 5.74) is 2.24. The van der Waals surface area contributed by atoms with Crippen molar-refractivity contribution in [3.63, 3.8) is 0 Å². The summed E-state index contributed by atoms with van der Waals surface area (Å²) in [6.07, 6.45) is 1.01. The highest BCUT2D eigenvalue weighted by Gasteiger charge is 2.17. The first kappa shape index (κ1) is 14.1. The predicted molar refractivity (Wildman–Crippen MR) is 66.4 cm³/mol. The Morgan fingerprint density at radius 3 is 2.72 bits per heavy atom. The molecule has 0 bridgehead atoms. The summed E-state index contributed by atoms with van der Waals surface area (Å²) < 4.78 is 13.6. The molecule has 0 fully saturated rings. The molecule has 0 aliphatic rings. The molecule has 0 unspecified atom stereocenters. The maximum atomic E-state index is 13.6. The molecule has 0 aromatic carbocycles. The van der Waals surface area contributed by atoms with Crippen LogP contribution < -0.4 is 16.2 Å². The third-order valence-corrected chi connectivity index (χ3v) is 2.36. The van der Waals surface area contributed by atoms with E-state index in [4.69, 9.17) is 5.84 Å². The molecular weight excluding hydrogens is 239 g/mol. The SMILES string of the molecule is CCN(CC(=O)N(C)C)c1nc(NN)ncc1F. The van der Waals surface area contributed by atoms with Crippen LogP contribution in [-0.4, -0.2) is 48.0 Å². The van der Waals surface area contributed by atoms with Gasteiger partial charge in [0, 0.05) is 20.6 Å². The fourth-order valence-electron chi connectivity index (χ4n) is 1.29. The molecule has 1 aromatic heterocycles. The number of nitrogens with zero attached hydrogens (tertiary/aromatic N) is 4. The van der Waals surface area contributed by atoms with Gasteiger partial charge in [-0.05, 0) is 6.92 Å². The normalized spacial score (nSPS) is 10.1. The topological polar surface area (TPSA) is 87.4 Å². The maximum Gasteiger partial charge on any atom is 0.241 e. The van der Waals surface area contributed by atoms with Gasteiger partial charge in [0.15, 0.2) is 11.6 Å². The highest BCUT2D eigenvalue weighted by Crippen LogP contribution is 2.16. The van der Waals surface area contributed by atoms with Crippen molar-refractivity contribution in [1.82, 2.24) is 14.9 Å².